The number of nitrogens with zero attached hydrogens (tertiary/aromatic N) is 7. The van der Waals surface area contributed by atoms with Gasteiger partial charge in [-0.1, -0.05) is 0 Å². The molecule has 2 N–H and O–H groups in total. The van der Waals surface area contributed by atoms with E-state index in [9.17, 15) is 26.3 Å². The molecule has 1 fully saturated rings. The van der Waals surface area contributed by atoms with Crippen molar-refractivity contribution in [1.29, 1.82) is 0 Å². The fourth-order valence-corrected chi connectivity index (χ4v) is 3.95. The molecule has 0 unspecified atom stereocenters. The predicted molar refractivity (Wildman–Crippen MR) is 134 cm³/mol. The number of pyridine rings is 2. The van der Waals surface area contributed by atoms with Gasteiger partial charge in [0.15, 0.2) is 11.5 Å². The number of piperidine rings is 1. The van der Waals surface area contributed by atoms with Gasteiger partial charge in [0.25, 0.3) is 0 Å². The van der Waals surface area contributed by atoms with Gasteiger partial charge in [0.1, 0.15) is 0 Å². The molecule has 1 aliphatic heterocycles. The van der Waals surface area contributed by atoms with Crippen LogP contribution in [0.25, 0.3) is 16.8 Å². The van der Waals surface area contributed by atoms with Crippen molar-refractivity contribution in [1.82, 2.24) is 34.3 Å². The zero-order valence-corrected chi connectivity index (χ0v) is 21.9. The second-order valence-corrected chi connectivity index (χ2v) is 9.10. The molecule has 42 heavy (non-hydrogen) atoms. The van der Waals surface area contributed by atoms with E-state index in [1.165, 1.54) is 5.56 Å². The molecule has 1 aliphatic rings. The number of hydrogen-bond acceptors (Lipinski definition) is 7. The van der Waals surface area contributed by atoms with Gasteiger partial charge in [0.05, 0.1) is 6.20 Å². The van der Waals surface area contributed by atoms with Gasteiger partial charge in [0.2, 0.25) is 0 Å². The van der Waals surface area contributed by atoms with Gasteiger partial charge >= 0.3 is 24.3 Å². The normalized spacial score (nSPS) is 14.5. The third-order valence-corrected chi connectivity index (χ3v) is 5.96. The van der Waals surface area contributed by atoms with Gasteiger partial charge in [-0.2, -0.15) is 36.5 Å². The summed E-state index contributed by atoms with van der Waals surface area (Å²) in [6, 6.07) is 8.16. The number of likely N-dealkylation sites (tertiary alicyclic amines) is 1. The lowest BCUT2D eigenvalue weighted by atomic mass is 9.96. The maximum Gasteiger partial charge on any atom is 0.490 e. The number of aryl methyl sites for hydroxylation is 1. The zero-order chi connectivity index (χ0) is 31.1. The molecule has 1 saturated heterocycles. The number of aliphatic carboxylic acids is 2. The van der Waals surface area contributed by atoms with Gasteiger partial charge in [-0.25, -0.2) is 19.1 Å². The van der Waals surface area contributed by atoms with Crippen LogP contribution in [0.5, 0.6) is 0 Å². The molecule has 11 nitrogen and oxygen atoms in total. The minimum Gasteiger partial charge on any atom is -0.475 e. The number of alkyl halides is 6. The van der Waals surface area contributed by atoms with E-state index in [0.717, 1.165) is 55.1 Å². The van der Waals surface area contributed by atoms with Crippen molar-refractivity contribution in [2.45, 2.75) is 37.7 Å². The molecule has 5 heterocycles. The van der Waals surface area contributed by atoms with Crippen molar-refractivity contribution in [3.8, 4) is 11.1 Å². The van der Waals surface area contributed by atoms with Crippen molar-refractivity contribution in [2.75, 3.05) is 13.1 Å². The maximum absolute atomic E-state index is 10.6. The smallest absolute Gasteiger partial charge is 0.475 e. The fourth-order valence-electron chi connectivity index (χ4n) is 3.95. The number of halogens is 6. The van der Waals surface area contributed by atoms with Gasteiger partial charge in [-0.05, 0) is 55.8 Å². The molecule has 0 aromatic carbocycles. The van der Waals surface area contributed by atoms with E-state index in [-0.39, 0.29) is 0 Å². The number of carboxylic acids is 2. The van der Waals surface area contributed by atoms with Crippen molar-refractivity contribution in [3.05, 3.63) is 66.6 Å². The summed E-state index contributed by atoms with van der Waals surface area (Å²) in [5.74, 6) is -4.12. The molecule has 4 aromatic heterocycles. The van der Waals surface area contributed by atoms with E-state index >= 15 is 0 Å². The predicted octanol–water partition coefficient (Wildman–Crippen LogP) is 4.17. The largest absolute Gasteiger partial charge is 0.490 e. The SMILES string of the molecule is Cn1cc(CN2CCC(c3nc4ccc(-c5ccncc5)cn4n3)CC2)cn1.O=C(O)C(F)(F)F.O=C(O)C(F)(F)F. The summed E-state index contributed by atoms with van der Waals surface area (Å²) in [5.41, 5.74) is 4.44. The molecular formula is C25H25F6N7O4. The standard InChI is InChI=1S/C21H23N7.2C2HF3O2/c1-26-13-16(12-23-26)14-27-10-6-18(7-11-27)21-24-20-3-2-19(15-28(20)25-21)17-4-8-22-9-5-17;2*3-2(4,5)1(6)7/h2-5,8-9,12-13,15,18H,6-7,10-11,14H2,1H3;2*(H,6,7). The van der Waals surface area contributed by atoms with Gasteiger partial charge < -0.3 is 10.2 Å². The molecule has 0 spiro atoms. The third kappa shape index (κ3) is 9.25. The summed E-state index contributed by atoms with van der Waals surface area (Å²) < 4.78 is 67.2. The van der Waals surface area contributed by atoms with Crippen LogP contribution in [0.4, 0.5) is 26.3 Å². The van der Waals surface area contributed by atoms with E-state index in [0.29, 0.717) is 5.92 Å². The molecule has 17 heteroatoms. The highest BCUT2D eigenvalue weighted by Gasteiger charge is 2.38. The highest BCUT2D eigenvalue weighted by Crippen LogP contribution is 2.27. The van der Waals surface area contributed by atoms with Crippen molar-refractivity contribution >= 4 is 17.6 Å². The Morgan fingerprint density at radius 3 is 1.98 bits per heavy atom. The van der Waals surface area contributed by atoms with Crippen LogP contribution in [0.15, 0.2) is 55.2 Å². The molecule has 0 amide bonds. The molecule has 5 rings (SSSR count). The van der Waals surface area contributed by atoms with Gasteiger partial charge in [-0.15, -0.1) is 0 Å². The summed E-state index contributed by atoms with van der Waals surface area (Å²) in [4.78, 5) is 29.2. The Morgan fingerprint density at radius 1 is 0.905 bits per heavy atom. The summed E-state index contributed by atoms with van der Waals surface area (Å²) in [5, 5.41) is 23.3. The Hall–Kier alpha value is -4.54. The van der Waals surface area contributed by atoms with Crippen molar-refractivity contribution in [3.63, 3.8) is 0 Å². The Bertz CT molecular complexity index is 1460. The first-order chi connectivity index (χ1) is 19.6. The molecule has 0 saturated carbocycles. The lowest BCUT2D eigenvalue weighted by Gasteiger charge is -2.30. The number of aromatic nitrogens is 6. The van der Waals surface area contributed by atoms with E-state index in [2.05, 4.69) is 33.4 Å². The van der Waals surface area contributed by atoms with E-state index in [1.807, 2.05) is 53.0 Å². The van der Waals surface area contributed by atoms with Gasteiger partial charge in [-0.3, -0.25) is 14.6 Å². The van der Waals surface area contributed by atoms with E-state index in [4.69, 9.17) is 29.9 Å². The monoisotopic (exact) mass is 601 g/mol. The van der Waals surface area contributed by atoms with Crippen LogP contribution in [0.2, 0.25) is 0 Å². The van der Waals surface area contributed by atoms with E-state index in [1.54, 1.807) is 0 Å². The number of fused-ring (bicyclic) bond motifs is 1. The molecule has 0 bridgehead atoms. The second kappa shape index (κ2) is 13.4. The van der Waals surface area contributed by atoms with Crippen LogP contribution >= 0.6 is 0 Å². The third-order valence-electron chi connectivity index (χ3n) is 5.96. The quantitative estimate of drug-likeness (QED) is 0.330. The highest BCUT2D eigenvalue weighted by molar-refractivity contribution is 5.73. The number of hydrogen-bond donors (Lipinski definition) is 2. The van der Waals surface area contributed by atoms with Crippen LogP contribution in [0.1, 0.15) is 30.1 Å². The molecule has 0 aliphatic carbocycles. The first kappa shape index (κ1) is 32.0. The molecule has 226 valence electrons. The Balaban J connectivity index is 0.000000289. The van der Waals surface area contributed by atoms with Crippen LogP contribution in [0, 0.1) is 0 Å². The lowest BCUT2D eigenvalue weighted by Crippen LogP contribution is -2.32. The van der Waals surface area contributed by atoms with Crippen LogP contribution in [-0.4, -0.2) is 81.9 Å². The van der Waals surface area contributed by atoms with Gasteiger partial charge in [0, 0.05) is 55.4 Å². The maximum atomic E-state index is 10.6. The summed E-state index contributed by atoms with van der Waals surface area (Å²) in [6.07, 6.45) is 1.74. The van der Waals surface area contributed by atoms with E-state index < -0.39 is 24.3 Å². The summed E-state index contributed by atoms with van der Waals surface area (Å²) >= 11 is 0. The zero-order valence-electron chi connectivity index (χ0n) is 21.9. The highest BCUT2D eigenvalue weighted by atomic mass is 19.4. The van der Waals surface area contributed by atoms with Crippen LogP contribution in [0.3, 0.4) is 0 Å². The average Bonchev–Trinajstić information content (AvgIpc) is 3.54. The van der Waals surface area contributed by atoms with Crippen LogP contribution in [-0.2, 0) is 23.2 Å². The summed E-state index contributed by atoms with van der Waals surface area (Å²) in [7, 11) is 1.96. The molecule has 0 radical (unpaired) electrons. The number of rotatable bonds is 4. The summed E-state index contributed by atoms with van der Waals surface area (Å²) in [6.45, 7) is 3.10. The average molecular weight is 602 g/mol. The first-order valence-corrected chi connectivity index (χ1v) is 12.2. The van der Waals surface area contributed by atoms with Crippen molar-refractivity contribution in [2.24, 2.45) is 7.05 Å². The Morgan fingerprint density at radius 2 is 1.48 bits per heavy atom. The Kier molecular flexibility index (Phi) is 10.2. The van der Waals surface area contributed by atoms with Crippen molar-refractivity contribution < 1.29 is 46.1 Å². The molecular weight excluding hydrogens is 576 g/mol. The number of carboxylic acid groups (broad SMARTS) is 2. The minimum atomic E-state index is -5.08. The molecule has 4 aromatic rings. The fraction of sp³-hybridized carbons (Fsp3) is 0.360. The minimum absolute atomic E-state index is 0.425. The van der Waals surface area contributed by atoms with Crippen LogP contribution < -0.4 is 0 Å². The second-order valence-electron chi connectivity index (χ2n) is 9.10. The molecule has 0 atom stereocenters. The topological polar surface area (TPSA) is 139 Å². The number of carbonyl (C=O) groups is 2. The lowest BCUT2D eigenvalue weighted by molar-refractivity contribution is -0.193. The Labute approximate surface area is 234 Å². The first-order valence-electron chi connectivity index (χ1n) is 12.2.